The normalized spacial score (nSPS) is 11.9. The van der Waals surface area contributed by atoms with Gasteiger partial charge in [0.15, 0.2) is 0 Å². The van der Waals surface area contributed by atoms with E-state index < -0.39 is 12.0 Å². The van der Waals surface area contributed by atoms with Crippen molar-refractivity contribution in [2.75, 3.05) is 5.32 Å². The van der Waals surface area contributed by atoms with Gasteiger partial charge in [0, 0.05) is 5.69 Å². The van der Waals surface area contributed by atoms with Crippen LogP contribution in [0.25, 0.3) is 0 Å². The molecule has 0 aliphatic rings. The number of carbonyl (C=O) groups excluding carboxylic acids is 1. The van der Waals surface area contributed by atoms with Gasteiger partial charge in [0.25, 0.3) is 0 Å². The van der Waals surface area contributed by atoms with Gasteiger partial charge >= 0.3 is 0 Å². The Kier molecular flexibility index (Phi) is 3.80. The predicted molar refractivity (Wildman–Crippen MR) is 68.9 cm³/mol. The van der Waals surface area contributed by atoms with E-state index in [1.54, 1.807) is 12.1 Å². The number of carbonyl (C=O) groups is 1. The van der Waals surface area contributed by atoms with Gasteiger partial charge in [-0.1, -0.05) is 29.8 Å². The smallest absolute Gasteiger partial charge is 0.123 e. The van der Waals surface area contributed by atoms with E-state index in [2.05, 4.69) is 5.32 Å². The summed E-state index contributed by atoms with van der Waals surface area (Å²) in [5.74, 6) is -1.60. The van der Waals surface area contributed by atoms with Crippen LogP contribution in [-0.4, -0.2) is 5.97 Å². The quantitative estimate of drug-likeness (QED) is 0.913. The van der Waals surface area contributed by atoms with E-state index >= 15 is 0 Å². The molecule has 0 aromatic heterocycles. The van der Waals surface area contributed by atoms with E-state index in [0.717, 1.165) is 5.56 Å². The maximum absolute atomic E-state index is 12.8. The Bertz CT molecular complexity index is 564. The SMILES string of the molecule is Cc1ccc([C@H](Nc2ccc(F)cc2)C(=O)[O-])cc1. The zero-order valence-electron chi connectivity index (χ0n) is 10.4. The van der Waals surface area contributed by atoms with Gasteiger partial charge in [0.2, 0.25) is 0 Å². The van der Waals surface area contributed by atoms with Crippen LogP contribution >= 0.6 is 0 Å². The molecular formula is C15H13FNO2-. The fraction of sp³-hybridized carbons (Fsp3) is 0.133. The van der Waals surface area contributed by atoms with Crippen molar-refractivity contribution in [2.45, 2.75) is 13.0 Å². The molecule has 0 aliphatic heterocycles. The summed E-state index contributed by atoms with van der Waals surface area (Å²) in [7, 11) is 0. The van der Waals surface area contributed by atoms with Gasteiger partial charge in [0.1, 0.15) is 5.82 Å². The molecule has 0 amide bonds. The molecule has 0 spiro atoms. The van der Waals surface area contributed by atoms with Crippen molar-refractivity contribution in [3.63, 3.8) is 0 Å². The largest absolute Gasteiger partial charge is 0.548 e. The van der Waals surface area contributed by atoms with Crippen LogP contribution < -0.4 is 10.4 Å². The molecule has 4 heteroatoms. The third-order valence-corrected chi connectivity index (χ3v) is 2.80. The van der Waals surface area contributed by atoms with Crippen LogP contribution in [0, 0.1) is 12.7 Å². The molecule has 1 N–H and O–H groups in total. The monoisotopic (exact) mass is 258 g/mol. The topological polar surface area (TPSA) is 52.2 Å². The summed E-state index contributed by atoms with van der Waals surface area (Å²) in [6.07, 6.45) is 0. The number of rotatable bonds is 4. The molecule has 98 valence electrons. The van der Waals surface area contributed by atoms with Crippen molar-refractivity contribution in [1.29, 1.82) is 0 Å². The van der Waals surface area contributed by atoms with Crippen molar-refractivity contribution in [3.8, 4) is 0 Å². The van der Waals surface area contributed by atoms with Gasteiger partial charge in [-0.15, -0.1) is 0 Å². The Morgan fingerprint density at radius 1 is 1.11 bits per heavy atom. The van der Waals surface area contributed by atoms with E-state index in [0.29, 0.717) is 11.3 Å². The first-order valence-electron chi connectivity index (χ1n) is 5.86. The highest BCUT2D eigenvalue weighted by Gasteiger charge is 2.12. The van der Waals surface area contributed by atoms with Crippen molar-refractivity contribution in [1.82, 2.24) is 0 Å². The van der Waals surface area contributed by atoms with Crippen molar-refractivity contribution >= 4 is 11.7 Å². The first kappa shape index (κ1) is 13.1. The fourth-order valence-corrected chi connectivity index (χ4v) is 1.75. The molecule has 0 heterocycles. The van der Waals surface area contributed by atoms with Gasteiger partial charge in [-0.05, 0) is 36.8 Å². The first-order valence-corrected chi connectivity index (χ1v) is 5.86. The number of aliphatic carboxylic acids is 1. The highest BCUT2D eigenvalue weighted by Crippen LogP contribution is 2.20. The summed E-state index contributed by atoms with van der Waals surface area (Å²) in [4.78, 5) is 11.2. The fourth-order valence-electron chi connectivity index (χ4n) is 1.75. The Morgan fingerprint density at radius 3 is 2.21 bits per heavy atom. The summed E-state index contributed by atoms with van der Waals surface area (Å²) < 4.78 is 12.8. The molecule has 19 heavy (non-hydrogen) atoms. The zero-order valence-corrected chi connectivity index (χ0v) is 10.4. The molecule has 0 unspecified atom stereocenters. The number of halogens is 1. The Hall–Kier alpha value is -2.36. The molecule has 0 aliphatic carbocycles. The maximum Gasteiger partial charge on any atom is 0.123 e. The Balaban J connectivity index is 2.23. The number of carboxylic acid groups (broad SMARTS) is 1. The number of hydrogen-bond donors (Lipinski definition) is 1. The molecule has 2 aromatic carbocycles. The lowest BCUT2D eigenvalue weighted by Crippen LogP contribution is -2.34. The van der Waals surface area contributed by atoms with Crippen LogP contribution in [0.2, 0.25) is 0 Å². The average molecular weight is 258 g/mol. The van der Waals surface area contributed by atoms with Crippen molar-refractivity contribution in [2.24, 2.45) is 0 Å². The average Bonchev–Trinajstić information content (AvgIpc) is 2.39. The van der Waals surface area contributed by atoms with Gasteiger partial charge in [-0.2, -0.15) is 0 Å². The number of anilines is 1. The van der Waals surface area contributed by atoms with E-state index in [1.165, 1.54) is 24.3 Å². The number of benzene rings is 2. The van der Waals surface area contributed by atoms with Crippen LogP contribution in [-0.2, 0) is 4.79 Å². The number of nitrogens with one attached hydrogen (secondary N) is 1. The summed E-state index contributed by atoms with van der Waals surface area (Å²) >= 11 is 0. The van der Waals surface area contributed by atoms with Gasteiger partial charge in [-0.3, -0.25) is 0 Å². The number of carboxylic acids is 1. The number of aryl methyl sites for hydroxylation is 1. The molecule has 3 nitrogen and oxygen atoms in total. The maximum atomic E-state index is 12.8. The molecular weight excluding hydrogens is 245 g/mol. The van der Waals surface area contributed by atoms with Gasteiger partial charge < -0.3 is 15.2 Å². The second-order valence-electron chi connectivity index (χ2n) is 4.31. The summed E-state index contributed by atoms with van der Waals surface area (Å²) in [5, 5.41) is 14.0. The molecule has 0 saturated heterocycles. The van der Waals surface area contributed by atoms with Crippen LogP contribution in [0.1, 0.15) is 17.2 Å². The zero-order chi connectivity index (χ0) is 13.8. The minimum atomic E-state index is -1.23. The van der Waals surface area contributed by atoms with Crippen LogP contribution in [0.5, 0.6) is 0 Å². The summed E-state index contributed by atoms with van der Waals surface area (Å²) in [5.41, 5.74) is 2.16. The summed E-state index contributed by atoms with van der Waals surface area (Å²) in [6.45, 7) is 1.92. The molecule has 1 atom stereocenters. The predicted octanol–water partition coefficient (Wildman–Crippen LogP) is 2.04. The van der Waals surface area contributed by atoms with Crippen molar-refractivity contribution in [3.05, 3.63) is 65.5 Å². The van der Waals surface area contributed by atoms with Gasteiger partial charge in [0.05, 0.1) is 12.0 Å². The third-order valence-electron chi connectivity index (χ3n) is 2.80. The number of hydrogen-bond acceptors (Lipinski definition) is 3. The minimum Gasteiger partial charge on any atom is -0.548 e. The second kappa shape index (κ2) is 5.52. The molecule has 0 bridgehead atoms. The lowest BCUT2D eigenvalue weighted by Gasteiger charge is -2.21. The van der Waals surface area contributed by atoms with E-state index in [9.17, 15) is 14.3 Å². The lowest BCUT2D eigenvalue weighted by atomic mass is 10.0. The second-order valence-corrected chi connectivity index (χ2v) is 4.31. The minimum absolute atomic E-state index is 0.370. The highest BCUT2D eigenvalue weighted by atomic mass is 19.1. The first-order chi connectivity index (χ1) is 9.06. The molecule has 0 fully saturated rings. The summed E-state index contributed by atoms with van der Waals surface area (Å²) in [6, 6.07) is 11.7. The van der Waals surface area contributed by atoms with Crippen molar-refractivity contribution < 1.29 is 14.3 Å². The standard InChI is InChI=1S/C15H14FNO2/c1-10-2-4-11(5-3-10)14(15(18)19)17-13-8-6-12(16)7-9-13/h2-9,14,17H,1H3,(H,18,19)/p-1/t14-/m0/s1. The third kappa shape index (κ3) is 3.31. The molecule has 2 aromatic rings. The Labute approximate surface area is 110 Å². The van der Waals surface area contributed by atoms with Crippen LogP contribution in [0.4, 0.5) is 10.1 Å². The lowest BCUT2D eigenvalue weighted by molar-refractivity contribution is -0.307. The molecule has 2 rings (SSSR count). The van der Waals surface area contributed by atoms with Crippen LogP contribution in [0.15, 0.2) is 48.5 Å². The van der Waals surface area contributed by atoms with Gasteiger partial charge in [-0.25, -0.2) is 4.39 Å². The van der Waals surface area contributed by atoms with E-state index in [1.807, 2.05) is 19.1 Å². The molecule has 0 radical (unpaired) electrons. The van der Waals surface area contributed by atoms with E-state index in [-0.39, 0.29) is 5.82 Å². The highest BCUT2D eigenvalue weighted by molar-refractivity contribution is 5.77. The van der Waals surface area contributed by atoms with E-state index in [4.69, 9.17) is 0 Å². The Morgan fingerprint density at radius 2 is 1.68 bits per heavy atom. The molecule has 0 saturated carbocycles. The van der Waals surface area contributed by atoms with Crippen LogP contribution in [0.3, 0.4) is 0 Å².